The van der Waals surface area contributed by atoms with Gasteiger partial charge in [-0.2, -0.15) is 5.10 Å². The third-order valence-corrected chi connectivity index (χ3v) is 0.648. The van der Waals surface area contributed by atoms with E-state index in [4.69, 9.17) is 9.84 Å². The Morgan fingerprint density at radius 1 is 1.90 bits per heavy atom. The minimum atomic E-state index is -1.17. The first-order valence-corrected chi connectivity index (χ1v) is 2.85. The molecule has 5 heteroatoms. The van der Waals surface area contributed by atoms with E-state index in [1.807, 2.05) is 12.3 Å². The molecule has 0 aliphatic heterocycles. The molecule has 10 heavy (non-hydrogen) atoms. The molecule has 2 N–H and O–H groups in total. The van der Waals surface area contributed by atoms with Crippen molar-refractivity contribution in [1.29, 1.82) is 0 Å². The summed E-state index contributed by atoms with van der Waals surface area (Å²) in [5.41, 5.74) is 1.81. The lowest BCUT2D eigenvalue weighted by atomic mass is 10.8. The van der Waals surface area contributed by atoms with E-state index in [1.54, 1.807) is 0 Å². The number of hydrazone groups is 1. The Kier molecular flexibility index (Phi) is 5.36. The zero-order valence-electron chi connectivity index (χ0n) is 5.70. The van der Waals surface area contributed by atoms with Crippen LogP contribution in [0.4, 0.5) is 4.79 Å². The Bertz CT molecular complexity index is 124. The molecule has 0 spiro atoms. The zero-order chi connectivity index (χ0) is 7.82. The van der Waals surface area contributed by atoms with Gasteiger partial charge in [-0.25, -0.2) is 10.2 Å². The summed E-state index contributed by atoms with van der Waals surface area (Å²) in [6.45, 7) is 2.77. The van der Waals surface area contributed by atoms with Gasteiger partial charge in [0.25, 0.3) is 0 Å². The quantitative estimate of drug-likeness (QED) is 0.340. The molecular formula is C5H10N2O3. The van der Waals surface area contributed by atoms with Gasteiger partial charge in [-0.15, -0.1) is 0 Å². The van der Waals surface area contributed by atoms with Gasteiger partial charge in [0, 0.05) is 6.61 Å². The standard InChI is InChI=1S/C5H10N2O3/c1-2-10-4-3-6-7-5(8)9/h3,7H,2,4H2,1H3,(H,8,9)/b6-3+. The van der Waals surface area contributed by atoms with Gasteiger partial charge in [0.15, 0.2) is 0 Å². The van der Waals surface area contributed by atoms with Crippen molar-refractivity contribution in [3.05, 3.63) is 0 Å². The summed E-state index contributed by atoms with van der Waals surface area (Å²) in [5, 5.41) is 11.3. The number of carbonyl (C=O) groups is 1. The SMILES string of the molecule is CCOC/C=N/NC(=O)O. The predicted molar refractivity (Wildman–Crippen MR) is 36.1 cm³/mol. The molecule has 0 fully saturated rings. The molecule has 1 amide bonds. The van der Waals surface area contributed by atoms with Crippen LogP contribution in [0.1, 0.15) is 6.92 Å². The maximum Gasteiger partial charge on any atom is 0.425 e. The summed E-state index contributed by atoms with van der Waals surface area (Å²) < 4.78 is 4.83. The first kappa shape index (κ1) is 8.90. The fourth-order valence-electron chi connectivity index (χ4n) is 0.309. The van der Waals surface area contributed by atoms with Gasteiger partial charge in [0.05, 0.1) is 12.8 Å². The van der Waals surface area contributed by atoms with E-state index in [9.17, 15) is 4.79 Å². The van der Waals surface area contributed by atoms with Gasteiger partial charge in [-0.05, 0) is 6.92 Å². The number of rotatable bonds is 4. The molecule has 0 heterocycles. The fraction of sp³-hybridized carbons (Fsp3) is 0.600. The zero-order valence-corrected chi connectivity index (χ0v) is 5.70. The summed E-state index contributed by atoms with van der Waals surface area (Å²) in [5.74, 6) is 0. The van der Waals surface area contributed by atoms with E-state index in [-0.39, 0.29) is 0 Å². The van der Waals surface area contributed by atoms with E-state index in [2.05, 4.69) is 5.10 Å². The van der Waals surface area contributed by atoms with Crippen molar-refractivity contribution in [1.82, 2.24) is 5.43 Å². The summed E-state index contributed by atoms with van der Waals surface area (Å²) in [6, 6.07) is 0. The minimum Gasteiger partial charge on any atom is -0.464 e. The fourth-order valence-corrected chi connectivity index (χ4v) is 0.309. The lowest BCUT2D eigenvalue weighted by molar-refractivity contribution is 0.188. The average molecular weight is 146 g/mol. The molecule has 5 nitrogen and oxygen atoms in total. The number of ether oxygens (including phenoxy) is 1. The molecule has 0 aliphatic carbocycles. The Hall–Kier alpha value is -1.10. The highest BCUT2D eigenvalue weighted by Crippen LogP contribution is 1.67. The van der Waals surface area contributed by atoms with Crippen LogP contribution in [-0.4, -0.2) is 30.6 Å². The van der Waals surface area contributed by atoms with Crippen molar-refractivity contribution < 1.29 is 14.6 Å². The van der Waals surface area contributed by atoms with Crippen LogP contribution in [-0.2, 0) is 4.74 Å². The largest absolute Gasteiger partial charge is 0.464 e. The van der Waals surface area contributed by atoms with Gasteiger partial charge in [0.1, 0.15) is 0 Å². The van der Waals surface area contributed by atoms with Crippen LogP contribution in [0.2, 0.25) is 0 Å². The molecule has 0 aliphatic rings. The first-order valence-electron chi connectivity index (χ1n) is 2.85. The van der Waals surface area contributed by atoms with Crippen molar-refractivity contribution in [2.45, 2.75) is 6.92 Å². The lowest BCUT2D eigenvalue weighted by Crippen LogP contribution is -2.14. The lowest BCUT2D eigenvalue weighted by Gasteiger charge is -1.91. The second-order valence-electron chi connectivity index (χ2n) is 1.39. The van der Waals surface area contributed by atoms with Crippen molar-refractivity contribution in [3.63, 3.8) is 0 Å². The highest BCUT2D eigenvalue weighted by molar-refractivity contribution is 5.67. The van der Waals surface area contributed by atoms with Gasteiger partial charge in [0.2, 0.25) is 0 Å². The van der Waals surface area contributed by atoms with Gasteiger partial charge in [-0.3, -0.25) is 0 Å². The van der Waals surface area contributed by atoms with E-state index in [0.29, 0.717) is 13.2 Å². The van der Waals surface area contributed by atoms with Crippen LogP contribution in [0.15, 0.2) is 5.10 Å². The number of carboxylic acid groups (broad SMARTS) is 1. The van der Waals surface area contributed by atoms with Gasteiger partial charge < -0.3 is 9.84 Å². The average Bonchev–Trinajstić information content (AvgIpc) is 1.87. The molecule has 0 saturated carbocycles. The third kappa shape index (κ3) is 6.90. The topological polar surface area (TPSA) is 70.9 Å². The van der Waals surface area contributed by atoms with E-state index < -0.39 is 6.09 Å². The van der Waals surface area contributed by atoms with Gasteiger partial charge >= 0.3 is 6.09 Å². The van der Waals surface area contributed by atoms with Crippen LogP contribution in [0, 0.1) is 0 Å². The van der Waals surface area contributed by atoms with Crippen LogP contribution < -0.4 is 5.43 Å². The molecule has 0 aromatic heterocycles. The van der Waals surface area contributed by atoms with Crippen molar-refractivity contribution in [2.24, 2.45) is 5.10 Å². The Morgan fingerprint density at radius 2 is 2.60 bits per heavy atom. The summed E-state index contributed by atoms with van der Waals surface area (Å²) in [4.78, 5) is 9.77. The van der Waals surface area contributed by atoms with Crippen LogP contribution in [0.25, 0.3) is 0 Å². The first-order chi connectivity index (χ1) is 4.77. The Labute approximate surface area is 58.7 Å². The third-order valence-electron chi connectivity index (χ3n) is 0.648. The van der Waals surface area contributed by atoms with Crippen molar-refractivity contribution in [3.8, 4) is 0 Å². The molecule has 0 unspecified atom stereocenters. The molecule has 58 valence electrons. The van der Waals surface area contributed by atoms with Crippen molar-refractivity contribution >= 4 is 12.3 Å². The smallest absolute Gasteiger partial charge is 0.425 e. The van der Waals surface area contributed by atoms with Gasteiger partial charge in [-0.1, -0.05) is 0 Å². The van der Waals surface area contributed by atoms with Crippen LogP contribution in [0.5, 0.6) is 0 Å². The number of hydrogen-bond acceptors (Lipinski definition) is 3. The Morgan fingerprint density at radius 3 is 3.10 bits per heavy atom. The molecule has 0 rings (SSSR count). The van der Waals surface area contributed by atoms with Crippen LogP contribution in [0.3, 0.4) is 0 Å². The second kappa shape index (κ2) is 6.03. The van der Waals surface area contributed by atoms with E-state index in [0.717, 1.165) is 0 Å². The highest BCUT2D eigenvalue weighted by Gasteiger charge is 1.85. The molecule has 0 radical (unpaired) electrons. The molecule has 0 bridgehead atoms. The predicted octanol–water partition coefficient (Wildman–Crippen LogP) is 0.276. The molecule has 0 aromatic carbocycles. The monoisotopic (exact) mass is 146 g/mol. The maximum atomic E-state index is 9.77. The summed E-state index contributed by atoms with van der Waals surface area (Å²) in [7, 11) is 0. The highest BCUT2D eigenvalue weighted by atomic mass is 16.5. The maximum absolute atomic E-state index is 9.77. The summed E-state index contributed by atoms with van der Waals surface area (Å²) >= 11 is 0. The molecule has 0 aromatic rings. The van der Waals surface area contributed by atoms with Crippen LogP contribution >= 0.6 is 0 Å². The van der Waals surface area contributed by atoms with E-state index in [1.165, 1.54) is 6.21 Å². The Balaban J connectivity index is 3.12. The number of hydrogen-bond donors (Lipinski definition) is 2. The number of nitrogens with zero attached hydrogens (tertiary/aromatic N) is 1. The van der Waals surface area contributed by atoms with E-state index >= 15 is 0 Å². The number of amides is 1. The minimum absolute atomic E-state index is 0.330. The molecule has 0 saturated heterocycles. The second-order valence-corrected chi connectivity index (χ2v) is 1.39. The number of nitrogens with one attached hydrogen (secondary N) is 1. The molecular weight excluding hydrogens is 136 g/mol. The molecule has 0 atom stereocenters. The summed E-state index contributed by atoms with van der Waals surface area (Å²) in [6.07, 6.45) is 0.171. The normalized spacial score (nSPS) is 10.1. The van der Waals surface area contributed by atoms with Crippen molar-refractivity contribution in [2.75, 3.05) is 13.2 Å².